The molecular weight excluding hydrogens is 321 g/mol. The molecule has 0 atom stereocenters. The second-order valence-electron chi connectivity index (χ2n) is 7.06. The third kappa shape index (κ3) is 5.04. The van der Waals surface area contributed by atoms with Gasteiger partial charge in [0.05, 0.1) is 5.69 Å². The number of hydrogen-bond donors (Lipinski definition) is 2. The van der Waals surface area contributed by atoms with Crippen molar-refractivity contribution in [2.75, 3.05) is 5.32 Å². The van der Waals surface area contributed by atoms with E-state index in [-0.39, 0.29) is 17.8 Å². The summed E-state index contributed by atoms with van der Waals surface area (Å²) in [7, 11) is 0. The molecule has 4 nitrogen and oxygen atoms in total. The van der Waals surface area contributed by atoms with Crippen LogP contribution in [-0.4, -0.2) is 23.8 Å². The van der Waals surface area contributed by atoms with Gasteiger partial charge in [0, 0.05) is 12.1 Å². The van der Waals surface area contributed by atoms with E-state index >= 15 is 0 Å². The molecule has 0 bridgehead atoms. The first-order valence-corrected chi connectivity index (χ1v) is 8.05. The first kappa shape index (κ1) is 18.4. The Kier molecular flexibility index (Phi) is 5.62. The van der Waals surface area contributed by atoms with Crippen LogP contribution >= 0.6 is 0 Å². The lowest BCUT2D eigenvalue weighted by atomic mass is 9.91. The van der Waals surface area contributed by atoms with E-state index in [1.807, 2.05) is 0 Å². The summed E-state index contributed by atoms with van der Waals surface area (Å²) in [6.07, 6.45) is 2.30. The highest BCUT2D eigenvalue weighted by atomic mass is 19.2. The number of alkyl carbamates (subject to hydrolysis) is 1. The number of anilines is 1. The van der Waals surface area contributed by atoms with Crippen LogP contribution in [-0.2, 0) is 4.74 Å². The van der Waals surface area contributed by atoms with Crippen molar-refractivity contribution in [1.29, 1.82) is 0 Å². The first-order chi connectivity index (χ1) is 11.2. The molecule has 0 aromatic heterocycles. The molecular formula is C17H23F3N2O2. The molecule has 1 aromatic carbocycles. The van der Waals surface area contributed by atoms with Crippen molar-refractivity contribution in [3.63, 3.8) is 0 Å². The fourth-order valence-corrected chi connectivity index (χ4v) is 2.71. The molecule has 0 radical (unpaired) electrons. The molecule has 0 aliphatic heterocycles. The first-order valence-electron chi connectivity index (χ1n) is 8.05. The summed E-state index contributed by atoms with van der Waals surface area (Å²) in [5.41, 5.74) is -0.593. The lowest BCUT2D eigenvalue weighted by Crippen LogP contribution is -2.42. The maximum atomic E-state index is 13.7. The molecule has 1 aliphatic carbocycles. The van der Waals surface area contributed by atoms with Crippen LogP contribution in [0.4, 0.5) is 23.7 Å². The number of hydrogen-bond acceptors (Lipinski definition) is 3. The van der Waals surface area contributed by atoms with Crippen LogP contribution in [0.5, 0.6) is 0 Å². The fourth-order valence-electron chi connectivity index (χ4n) is 2.71. The highest BCUT2D eigenvalue weighted by molar-refractivity contribution is 5.68. The van der Waals surface area contributed by atoms with E-state index in [4.69, 9.17) is 4.74 Å². The Bertz CT molecular complexity index is 594. The number of carbonyl (C=O) groups excluding carboxylic acids is 1. The van der Waals surface area contributed by atoms with Crippen LogP contribution in [0, 0.1) is 17.5 Å². The molecule has 0 unspecified atom stereocenters. The van der Waals surface area contributed by atoms with Crippen LogP contribution in [0.25, 0.3) is 0 Å². The van der Waals surface area contributed by atoms with Crippen molar-refractivity contribution >= 4 is 11.8 Å². The Morgan fingerprint density at radius 2 is 1.62 bits per heavy atom. The fraction of sp³-hybridized carbons (Fsp3) is 0.588. The quantitative estimate of drug-likeness (QED) is 0.802. The molecule has 1 fully saturated rings. The minimum Gasteiger partial charge on any atom is -0.444 e. The van der Waals surface area contributed by atoms with Crippen molar-refractivity contribution in [3.8, 4) is 0 Å². The van der Waals surface area contributed by atoms with E-state index in [2.05, 4.69) is 10.6 Å². The molecule has 1 saturated carbocycles. The van der Waals surface area contributed by atoms with E-state index < -0.39 is 29.1 Å². The summed E-state index contributed by atoms with van der Waals surface area (Å²) in [5, 5.41) is 5.72. The number of ether oxygens (including phenoxy) is 1. The van der Waals surface area contributed by atoms with Gasteiger partial charge in [-0.3, -0.25) is 0 Å². The predicted octanol–water partition coefficient (Wildman–Crippen LogP) is 4.35. The molecule has 1 aliphatic rings. The summed E-state index contributed by atoms with van der Waals surface area (Å²) in [6.45, 7) is 5.39. The van der Waals surface area contributed by atoms with Crippen LogP contribution in [0.2, 0.25) is 0 Å². The summed E-state index contributed by atoms with van der Waals surface area (Å²) >= 11 is 0. The predicted molar refractivity (Wildman–Crippen MR) is 85.4 cm³/mol. The second-order valence-corrected chi connectivity index (χ2v) is 7.06. The SMILES string of the molecule is CC(C)(C)OC(=O)NC1CCC(Nc2ccc(F)c(F)c2F)CC1. The zero-order valence-electron chi connectivity index (χ0n) is 14.1. The molecule has 0 saturated heterocycles. The minimum atomic E-state index is -1.47. The lowest BCUT2D eigenvalue weighted by Gasteiger charge is -2.31. The van der Waals surface area contributed by atoms with Crippen LogP contribution < -0.4 is 10.6 Å². The molecule has 1 aromatic rings. The molecule has 2 N–H and O–H groups in total. The van der Waals surface area contributed by atoms with Crippen molar-refractivity contribution in [3.05, 3.63) is 29.6 Å². The van der Waals surface area contributed by atoms with Gasteiger partial charge in [-0.1, -0.05) is 0 Å². The maximum Gasteiger partial charge on any atom is 0.407 e. The number of carbonyl (C=O) groups is 1. The van der Waals surface area contributed by atoms with Gasteiger partial charge in [-0.2, -0.15) is 0 Å². The molecule has 1 amide bonds. The Morgan fingerprint density at radius 1 is 1.04 bits per heavy atom. The monoisotopic (exact) mass is 344 g/mol. The summed E-state index contributed by atoms with van der Waals surface area (Å²) in [4.78, 5) is 11.7. The Labute approximate surface area is 139 Å². The largest absolute Gasteiger partial charge is 0.444 e. The van der Waals surface area contributed by atoms with Crippen molar-refractivity contribution in [2.24, 2.45) is 0 Å². The highest BCUT2D eigenvalue weighted by Gasteiger charge is 2.25. The van der Waals surface area contributed by atoms with Crippen molar-refractivity contribution in [1.82, 2.24) is 5.32 Å². The molecule has 134 valence electrons. The Balaban J connectivity index is 1.83. The lowest BCUT2D eigenvalue weighted by molar-refractivity contribution is 0.0492. The number of nitrogens with one attached hydrogen (secondary N) is 2. The number of rotatable bonds is 3. The van der Waals surface area contributed by atoms with E-state index in [1.54, 1.807) is 20.8 Å². The van der Waals surface area contributed by atoms with Crippen LogP contribution in [0.15, 0.2) is 12.1 Å². The van der Waals surface area contributed by atoms with Gasteiger partial charge < -0.3 is 15.4 Å². The van der Waals surface area contributed by atoms with E-state index in [9.17, 15) is 18.0 Å². The normalized spacial score (nSPS) is 21.2. The zero-order valence-corrected chi connectivity index (χ0v) is 14.1. The molecule has 0 heterocycles. The Hall–Kier alpha value is -1.92. The summed E-state index contributed by atoms with van der Waals surface area (Å²) in [5.74, 6) is -3.88. The third-order valence-electron chi connectivity index (χ3n) is 3.84. The maximum absolute atomic E-state index is 13.7. The zero-order chi connectivity index (χ0) is 17.9. The minimum absolute atomic E-state index is 0.00676. The topological polar surface area (TPSA) is 50.4 Å². The average Bonchev–Trinajstić information content (AvgIpc) is 2.48. The van der Waals surface area contributed by atoms with E-state index in [0.717, 1.165) is 6.07 Å². The molecule has 2 rings (SSSR count). The standard InChI is InChI=1S/C17H23F3N2O2/c1-17(2,3)24-16(23)22-11-6-4-10(5-7-11)21-13-9-8-12(18)14(19)15(13)20/h8-11,21H,4-7H2,1-3H3,(H,22,23). The summed E-state index contributed by atoms with van der Waals surface area (Å²) < 4.78 is 45.1. The van der Waals surface area contributed by atoms with Gasteiger partial charge in [0.2, 0.25) is 0 Å². The smallest absolute Gasteiger partial charge is 0.407 e. The highest BCUT2D eigenvalue weighted by Crippen LogP contribution is 2.26. The number of benzene rings is 1. The van der Waals surface area contributed by atoms with Crippen molar-refractivity contribution in [2.45, 2.75) is 64.1 Å². The third-order valence-corrected chi connectivity index (χ3v) is 3.84. The second kappa shape index (κ2) is 7.32. The van der Waals surface area contributed by atoms with Gasteiger partial charge in [0.1, 0.15) is 5.60 Å². The van der Waals surface area contributed by atoms with Crippen molar-refractivity contribution < 1.29 is 22.7 Å². The molecule has 0 spiro atoms. The number of halogens is 3. The Morgan fingerprint density at radius 3 is 2.21 bits per heavy atom. The van der Waals surface area contributed by atoms with Gasteiger partial charge in [-0.15, -0.1) is 0 Å². The van der Waals surface area contributed by atoms with Gasteiger partial charge in [0.25, 0.3) is 0 Å². The van der Waals surface area contributed by atoms with Gasteiger partial charge in [-0.25, -0.2) is 18.0 Å². The van der Waals surface area contributed by atoms with E-state index in [1.165, 1.54) is 6.07 Å². The molecule has 7 heteroatoms. The van der Waals surface area contributed by atoms with Gasteiger partial charge >= 0.3 is 6.09 Å². The van der Waals surface area contributed by atoms with Crippen LogP contribution in [0.3, 0.4) is 0 Å². The van der Waals surface area contributed by atoms with Gasteiger partial charge in [0.15, 0.2) is 17.5 Å². The van der Waals surface area contributed by atoms with E-state index in [0.29, 0.717) is 25.7 Å². The number of amides is 1. The average molecular weight is 344 g/mol. The van der Waals surface area contributed by atoms with Crippen LogP contribution in [0.1, 0.15) is 46.5 Å². The summed E-state index contributed by atoms with van der Waals surface area (Å²) in [6, 6.07) is 2.03. The van der Waals surface area contributed by atoms with Gasteiger partial charge in [-0.05, 0) is 58.6 Å². The molecule has 24 heavy (non-hydrogen) atoms.